The van der Waals surface area contributed by atoms with E-state index in [1.165, 1.54) is 0 Å². The summed E-state index contributed by atoms with van der Waals surface area (Å²) in [5.41, 5.74) is 4.30. The van der Waals surface area contributed by atoms with Gasteiger partial charge in [-0.3, -0.25) is 14.6 Å². The molecule has 0 aromatic heterocycles. The zero-order chi connectivity index (χ0) is 17.2. The minimum Gasteiger partial charge on any atom is -0.379 e. The molecular weight excluding hydrogens is 314 g/mol. The fourth-order valence-electron chi connectivity index (χ4n) is 3.28. The summed E-state index contributed by atoms with van der Waals surface area (Å²) in [5.74, 6) is -0.0332. The third kappa shape index (κ3) is 3.21. The van der Waals surface area contributed by atoms with Gasteiger partial charge in [-0.05, 0) is 30.7 Å². The molecule has 5 nitrogen and oxygen atoms in total. The van der Waals surface area contributed by atoms with E-state index in [-0.39, 0.29) is 5.91 Å². The molecule has 128 valence electrons. The van der Waals surface area contributed by atoms with Crippen LogP contribution in [0, 0.1) is 6.92 Å². The zero-order valence-corrected chi connectivity index (χ0v) is 14.3. The number of amides is 1. The highest BCUT2D eigenvalue weighted by atomic mass is 16.5. The first-order valence-electron chi connectivity index (χ1n) is 8.59. The minimum absolute atomic E-state index is 0.0332. The smallest absolute Gasteiger partial charge is 0.278 e. The van der Waals surface area contributed by atoms with E-state index in [0.29, 0.717) is 25.6 Å². The predicted octanol–water partition coefficient (Wildman–Crippen LogP) is 2.75. The fourth-order valence-corrected chi connectivity index (χ4v) is 3.28. The Morgan fingerprint density at radius 1 is 1.08 bits per heavy atom. The van der Waals surface area contributed by atoms with Gasteiger partial charge >= 0.3 is 0 Å². The Morgan fingerprint density at radius 3 is 2.68 bits per heavy atom. The number of anilines is 1. The van der Waals surface area contributed by atoms with E-state index >= 15 is 0 Å². The van der Waals surface area contributed by atoms with Crippen molar-refractivity contribution in [1.82, 2.24) is 4.90 Å². The van der Waals surface area contributed by atoms with E-state index in [1.807, 2.05) is 60.4 Å². The van der Waals surface area contributed by atoms with Crippen LogP contribution < -0.4 is 4.90 Å². The molecule has 0 aliphatic carbocycles. The van der Waals surface area contributed by atoms with Gasteiger partial charge in [-0.25, -0.2) is 4.99 Å². The number of hydrogen-bond donors (Lipinski definition) is 0. The second-order valence-electron chi connectivity index (χ2n) is 6.42. The molecule has 2 aliphatic rings. The summed E-state index contributed by atoms with van der Waals surface area (Å²) in [5, 5.41) is 0. The molecule has 1 fully saturated rings. The largest absolute Gasteiger partial charge is 0.379 e. The Labute approximate surface area is 147 Å². The first kappa shape index (κ1) is 16.0. The molecule has 25 heavy (non-hydrogen) atoms. The van der Waals surface area contributed by atoms with Crippen molar-refractivity contribution in [3.63, 3.8) is 0 Å². The lowest BCUT2D eigenvalue weighted by molar-refractivity contribution is -0.112. The van der Waals surface area contributed by atoms with Crippen molar-refractivity contribution in [2.75, 3.05) is 37.9 Å². The lowest BCUT2D eigenvalue weighted by Crippen LogP contribution is -2.45. The Morgan fingerprint density at radius 2 is 1.88 bits per heavy atom. The van der Waals surface area contributed by atoms with E-state index in [1.54, 1.807) is 0 Å². The van der Waals surface area contributed by atoms with Gasteiger partial charge in [-0.15, -0.1) is 0 Å². The number of para-hydroxylation sites is 1. The van der Waals surface area contributed by atoms with Crippen molar-refractivity contribution in [3.05, 3.63) is 59.7 Å². The van der Waals surface area contributed by atoms with E-state index in [4.69, 9.17) is 4.74 Å². The van der Waals surface area contributed by atoms with Crippen LogP contribution in [-0.2, 0) is 9.53 Å². The summed E-state index contributed by atoms with van der Waals surface area (Å²) in [7, 11) is 0. The second kappa shape index (κ2) is 6.78. The van der Waals surface area contributed by atoms with Crippen LogP contribution in [0.2, 0.25) is 0 Å². The Hall–Kier alpha value is -2.50. The molecule has 2 aromatic carbocycles. The first-order chi connectivity index (χ1) is 12.2. The molecule has 0 spiro atoms. The molecule has 4 rings (SSSR count). The molecule has 2 aliphatic heterocycles. The van der Waals surface area contributed by atoms with Crippen LogP contribution in [0.5, 0.6) is 0 Å². The number of nitrogens with zero attached hydrogens (tertiary/aromatic N) is 3. The molecular formula is C20H21N3O2. The average molecular weight is 335 g/mol. The molecule has 0 atom stereocenters. The number of carbonyl (C=O) groups is 1. The molecule has 1 amide bonds. The van der Waals surface area contributed by atoms with Crippen molar-refractivity contribution >= 4 is 23.0 Å². The lowest BCUT2D eigenvalue weighted by Gasteiger charge is -2.30. The Kier molecular flexibility index (Phi) is 4.34. The molecule has 2 heterocycles. The average Bonchev–Trinajstić information content (AvgIpc) is 2.89. The van der Waals surface area contributed by atoms with Crippen molar-refractivity contribution in [2.24, 2.45) is 4.99 Å². The number of morpholine rings is 1. The highest BCUT2D eigenvalue weighted by Crippen LogP contribution is 2.31. The topological polar surface area (TPSA) is 45.1 Å². The second-order valence-corrected chi connectivity index (χ2v) is 6.42. The number of aryl methyl sites for hydroxylation is 1. The fraction of sp³-hybridized carbons (Fsp3) is 0.300. The van der Waals surface area contributed by atoms with E-state index in [9.17, 15) is 4.79 Å². The molecule has 0 radical (unpaired) electrons. The van der Waals surface area contributed by atoms with Gasteiger partial charge in [0.15, 0.2) is 0 Å². The molecule has 0 saturated carbocycles. The van der Waals surface area contributed by atoms with Gasteiger partial charge in [0.05, 0.1) is 31.3 Å². The molecule has 0 N–H and O–H groups in total. The zero-order valence-electron chi connectivity index (χ0n) is 14.3. The van der Waals surface area contributed by atoms with E-state index < -0.39 is 0 Å². The van der Waals surface area contributed by atoms with E-state index in [2.05, 4.69) is 9.89 Å². The van der Waals surface area contributed by atoms with Gasteiger partial charge in [0.25, 0.3) is 5.91 Å². The molecule has 0 unspecified atom stereocenters. The summed E-state index contributed by atoms with van der Waals surface area (Å²) in [4.78, 5) is 21.8. The van der Waals surface area contributed by atoms with Gasteiger partial charge < -0.3 is 4.74 Å². The minimum atomic E-state index is -0.0332. The highest BCUT2D eigenvalue weighted by Gasteiger charge is 2.34. The number of benzene rings is 2. The third-order valence-corrected chi connectivity index (χ3v) is 4.59. The Bertz CT molecular complexity index is 825. The SMILES string of the molecule is Cc1cccc(N=C2C(=O)N(CN3CCOCC3)c3ccccc32)c1. The maximum absolute atomic E-state index is 13.1. The van der Waals surface area contributed by atoms with Crippen LogP contribution in [0.15, 0.2) is 53.5 Å². The summed E-state index contributed by atoms with van der Waals surface area (Å²) < 4.78 is 5.40. The number of hydrogen-bond acceptors (Lipinski definition) is 4. The van der Waals surface area contributed by atoms with Crippen molar-refractivity contribution in [1.29, 1.82) is 0 Å². The first-order valence-corrected chi connectivity index (χ1v) is 8.59. The Balaban J connectivity index is 1.68. The highest BCUT2D eigenvalue weighted by molar-refractivity contribution is 6.54. The molecule has 5 heteroatoms. The molecule has 1 saturated heterocycles. The monoisotopic (exact) mass is 335 g/mol. The summed E-state index contributed by atoms with van der Waals surface area (Å²) in [6.07, 6.45) is 0. The number of fused-ring (bicyclic) bond motifs is 1. The van der Waals surface area contributed by atoms with Gasteiger partial charge in [0.2, 0.25) is 0 Å². The van der Waals surface area contributed by atoms with E-state index in [0.717, 1.165) is 35.6 Å². The van der Waals surface area contributed by atoms with Crippen molar-refractivity contribution in [3.8, 4) is 0 Å². The number of carbonyl (C=O) groups excluding carboxylic acids is 1. The van der Waals surface area contributed by atoms with Gasteiger partial charge in [-0.2, -0.15) is 0 Å². The quantitative estimate of drug-likeness (QED) is 0.866. The maximum Gasteiger partial charge on any atom is 0.278 e. The third-order valence-electron chi connectivity index (χ3n) is 4.59. The lowest BCUT2D eigenvalue weighted by atomic mass is 10.1. The maximum atomic E-state index is 13.1. The molecule has 0 bridgehead atoms. The summed E-state index contributed by atoms with van der Waals surface area (Å²) >= 11 is 0. The summed E-state index contributed by atoms with van der Waals surface area (Å²) in [6.45, 7) is 5.72. The summed E-state index contributed by atoms with van der Waals surface area (Å²) in [6, 6.07) is 15.8. The molecule has 2 aromatic rings. The van der Waals surface area contributed by atoms with Gasteiger partial charge in [-0.1, -0.05) is 30.3 Å². The predicted molar refractivity (Wildman–Crippen MR) is 98.6 cm³/mol. The van der Waals surface area contributed by atoms with Crippen LogP contribution in [0.4, 0.5) is 11.4 Å². The van der Waals surface area contributed by atoms with Crippen LogP contribution >= 0.6 is 0 Å². The number of rotatable bonds is 3. The van der Waals surface area contributed by atoms with Crippen LogP contribution in [-0.4, -0.2) is 49.5 Å². The van der Waals surface area contributed by atoms with Crippen molar-refractivity contribution in [2.45, 2.75) is 6.92 Å². The van der Waals surface area contributed by atoms with Crippen molar-refractivity contribution < 1.29 is 9.53 Å². The van der Waals surface area contributed by atoms with Crippen LogP contribution in [0.1, 0.15) is 11.1 Å². The van der Waals surface area contributed by atoms with Gasteiger partial charge in [0.1, 0.15) is 5.71 Å². The van der Waals surface area contributed by atoms with Crippen LogP contribution in [0.3, 0.4) is 0 Å². The van der Waals surface area contributed by atoms with Crippen LogP contribution in [0.25, 0.3) is 0 Å². The normalized spacial score (nSPS) is 19.5. The number of ether oxygens (including phenoxy) is 1. The number of aliphatic imine (C=N–C) groups is 1. The standard InChI is InChI=1S/C20H21N3O2/c1-15-5-4-6-16(13-15)21-19-17-7-2-3-8-18(17)23(20(19)24)14-22-9-11-25-12-10-22/h2-8,13H,9-12,14H2,1H3. The van der Waals surface area contributed by atoms with Gasteiger partial charge in [0, 0.05) is 18.7 Å².